The smallest absolute Gasteiger partial charge is 0.0589 e. The first-order chi connectivity index (χ1) is 3.81. The average molecular weight is 116 g/mol. The van der Waals surface area contributed by atoms with Crippen molar-refractivity contribution >= 4 is 0 Å². The summed E-state index contributed by atoms with van der Waals surface area (Å²) in [5, 5.41) is 0. The lowest BCUT2D eigenvalue weighted by Gasteiger charge is -2.11. The molecule has 0 aliphatic carbocycles. The van der Waals surface area contributed by atoms with Crippen LogP contribution in [0.15, 0.2) is 0 Å². The Morgan fingerprint density at radius 3 is 2.62 bits per heavy atom. The standard InChI is InChI=1S/C6H14NO/c1-4-7(2)5-6-8-3/h2,4-6H2,1,3H3. The van der Waals surface area contributed by atoms with Crippen LogP contribution in [-0.4, -0.2) is 31.7 Å². The molecule has 2 nitrogen and oxygen atoms in total. The van der Waals surface area contributed by atoms with Crippen molar-refractivity contribution in [1.29, 1.82) is 0 Å². The third-order valence-corrected chi connectivity index (χ3v) is 1.06. The Morgan fingerprint density at radius 2 is 2.25 bits per heavy atom. The molecule has 0 aliphatic heterocycles. The minimum absolute atomic E-state index is 0.775. The van der Waals surface area contributed by atoms with Gasteiger partial charge in [-0.2, -0.15) is 0 Å². The number of rotatable bonds is 4. The third-order valence-electron chi connectivity index (χ3n) is 1.06. The van der Waals surface area contributed by atoms with E-state index in [0.717, 1.165) is 19.7 Å². The molecule has 0 fully saturated rings. The number of ether oxygens (including phenoxy) is 1. The normalized spacial score (nSPS) is 10.5. The van der Waals surface area contributed by atoms with E-state index in [1.807, 2.05) is 4.90 Å². The zero-order valence-corrected chi connectivity index (χ0v) is 5.68. The van der Waals surface area contributed by atoms with Crippen LogP contribution in [-0.2, 0) is 4.74 Å². The summed E-state index contributed by atoms with van der Waals surface area (Å²) in [6, 6.07) is 0. The van der Waals surface area contributed by atoms with Crippen molar-refractivity contribution in [1.82, 2.24) is 4.90 Å². The molecule has 0 spiro atoms. The van der Waals surface area contributed by atoms with E-state index < -0.39 is 0 Å². The van der Waals surface area contributed by atoms with Crippen molar-refractivity contribution < 1.29 is 4.74 Å². The minimum Gasteiger partial charge on any atom is -0.383 e. The Balaban J connectivity index is 2.86. The van der Waals surface area contributed by atoms with E-state index in [-0.39, 0.29) is 0 Å². The topological polar surface area (TPSA) is 12.5 Å². The zero-order chi connectivity index (χ0) is 6.41. The highest BCUT2D eigenvalue weighted by atomic mass is 16.5. The molecule has 49 valence electrons. The van der Waals surface area contributed by atoms with Crippen LogP contribution in [0.25, 0.3) is 0 Å². The van der Waals surface area contributed by atoms with Crippen molar-refractivity contribution in [2.75, 3.05) is 26.8 Å². The SMILES string of the molecule is [CH2]N(CC)CCOC. The van der Waals surface area contributed by atoms with Crippen LogP contribution in [0.4, 0.5) is 0 Å². The minimum atomic E-state index is 0.775. The van der Waals surface area contributed by atoms with Crippen LogP contribution in [0.1, 0.15) is 6.92 Å². The van der Waals surface area contributed by atoms with Crippen molar-refractivity contribution in [3.63, 3.8) is 0 Å². The van der Waals surface area contributed by atoms with Crippen LogP contribution in [0.2, 0.25) is 0 Å². The molecule has 2 heteroatoms. The Morgan fingerprint density at radius 1 is 1.62 bits per heavy atom. The molecule has 0 rings (SSSR count). The average Bonchev–Trinajstić information content (AvgIpc) is 1.83. The maximum atomic E-state index is 4.83. The van der Waals surface area contributed by atoms with Gasteiger partial charge in [0.15, 0.2) is 0 Å². The van der Waals surface area contributed by atoms with Gasteiger partial charge >= 0.3 is 0 Å². The lowest BCUT2D eigenvalue weighted by molar-refractivity contribution is 0.170. The van der Waals surface area contributed by atoms with Gasteiger partial charge in [0, 0.05) is 20.7 Å². The van der Waals surface area contributed by atoms with Crippen molar-refractivity contribution in [3.8, 4) is 0 Å². The van der Waals surface area contributed by atoms with E-state index in [4.69, 9.17) is 4.74 Å². The molecule has 0 bridgehead atoms. The largest absolute Gasteiger partial charge is 0.383 e. The van der Waals surface area contributed by atoms with Crippen LogP contribution in [0, 0.1) is 7.05 Å². The highest BCUT2D eigenvalue weighted by Crippen LogP contribution is 1.80. The van der Waals surface area contributed by atoms with Gasteiger partial charge in [0.1, 0.15) is 0 Å². The van der Waals surface area contributed by atoms with E-state index >= 15 is 0 Å². The molecule has 0 amide bonds. The lowest BCUT2D eigenvalue weighted by Crippen LogP contribution is -2.19. The van der Waals surface area contributed by atoms with E-state index in [2.05, 4.69) is 14.0 Å². The summed E-state index contributed by atoms with van der Waals surface area (Å²) < 4.78 is 4.83. The molecule has 0 aliphatic rings. The third kappa shape index (κ3) is 4.09. The Hall–Kier alpha value is -0.0800. The van der Waals surface area contributed by atoms with Gasteiger partial charge in [0.05, 0.1) is 6.61 Å². The van der Waals surface area contributed by atoms with Gasteiger partial charge < -0.3 is 9.64 Å². The molecular weight excluding hydrogens is 102 g/mol. The zero-order valence-electron chi connectivity index (χ0n) is 5.68. The van der Waals surface area contributed by atoms with E-state index in [1.165, 1.54) is 0 Å². The Kier molecular flexibility index (Phi) is 5.01. The number of methoxy groups -OCH3 is 1. The molecule has 0 aromatic carbocycles. The number of nitrogens with zero attached hydrogens (tertiary/aromatic N) is 1. The fraction of sp³-hybridized carbons (Fsp3) is 0.833. The molecular formula is C6H14NO. The van der Waals surface area contributed by atoms with E-state index in [9.17, 15) is 0 Å². The number of likely N-dealkylation sites (N-methyl/N-ethyl adjacent to an activating group) is 1. The molecule has 0 N–H and O–H groups in total. The summed E-state index contributed by atoms with van der Waals surface area (Å²) in [7, 11) is 5.45. The Bertz CT molecular complexity index is 47.8. The molecule has 0 aromatic rings. The lowest BCUT2D eigenvalue weighted by atomic mass is 10.5. The van der Waals surface area contributed by atoms with Crippen LogP contribution in [0.3, 0.4) is 0 Å². The summed E-state index contributed by atoms with van der Waals surface area (Å²) in [4.78, 5) is 1.96. The molecule has 8 heavy (non-hydrogen) atoms. The quantitative estimate of drug-likeness (QED) is 0.537. The molecule has 0 saturated carbocycles. The predicted molar refractivity (Wildman–Crippen MR) is 34.5 cm³/mol. The first-order valence-electron chi connectivity index (χ1n) is 2.85. The van der Waals surface area contributed by atoms with Gasteiger partial charge in [-0.25, -0.2) is 0 Å². The van der Waals surface area contributed by atoms with Crippen LogP contribution in [0.5, 0.6) is 0 Å². The summed E-state index contributed by atoms with van der Waals surface area (Å²) in [6.45, 7) is 4.76. The highest BCUT2D eigenvalue weighted by molar-refractivity contribution is 4.48. The second kappa shape index (κ2) is 5.06. The van der Waals surface area contributed by atoms with E-state index in [0.29, 0.717) is 0 Å². The molecule has 0 unspecified atom stereocenters. The second-order valence-corrected chi connectivity index (χ2v) is 1.70. The highest BCUT2D eigenvalue weighted by Gasteiger charge is 1.89. The summed E-state index contributed by atoms with van der Waals surface area (Å²) in [6.07, 6.45) is 0. The number of hydrogen-bond acceptors (Lipinski definition) is 2. The van der Waals surface area contributed by atoms with Gasteiger partial charge in [-0.1, -0.05) is 6.92 Å². The maximum Gasteiger partial charge on any atom is 0.0589 e. The molecule has 0 aromatic heterocycles. The number of hydrogen-bond donors (Lipinski definition) is 0. The van der Waals surface area contributed by atoms with Gasteiger partial charge in [-0.15, -0.1) is 0 Å². The molecule has 0 saturated heterocycles. The van der Waals surface area contributed by atoms with Crippen molar-refractivity contribution in [2.45, 2.75) is 6.92 Å². The van der Waals surface area contributed by atoms with Crippen LogP contribution >= 0.6 is 0 Å². The predicted octanol–water partition coefficient (Wildman–Crippen LogP) is 0.746. The first kappa shape index (κ1) is 7.92. The maximum absolute atomic E-state index is 4.83. The summed E-state index contributed by atoms with van der Waals surface area (Å²) in [5.41, 5.74) is 0. The van der Waals surface area contributed by atoms with E-state index in [1.54, 1.807) is 7.11 Å². The van der Waals surface area contributed by atoms with Gasteiger partial charge in [0.2, 0.25) is 0 Å². The summed E-state index contributed by atoms with van der Waals surface area (Å²) in [5.74, 6) is 0. The second-order valence-electron chi connectivity index (χ2n) is 1.70. The Labute approximate surface area is 51.4 Å². The van der Waals surface area contributed by atoms with Gasteiger partial charge in [-0.05, 0) is 6.54 Å². The molecule has 0 atom stereocenters. The van der Waals surface area contributed by atoms with Crippen LogP contribution < -0.4 is 0 Å². The molecule has 0 heterocycles. The van der Waals surface area contributed by atoms with Crippen molar-refractivity contribution in [3.05, 3.63) is 7.05 Å². The fourth-order valence-electron chi connectivity index (χ4n) is 0.379. The van der Waals surface area contributed by atoms with Gasteiger partial charge in [0.25, 0.3) is 0 Å². The fourth-order valence-corrected chi connectivity index (χ4v) is 0.379. The van der Waals surface area contributed by atoms with Gasteiger partial charge in [-0.3, -0.25) is 0 Å². The van der Waals surface area contributed by atoms with Crippen molar-refractivity contribution in [2.24, 2.45) is 0 Å². The summed E-state index contributed by atoms with van der Waals surface area (Å²) >= 11 is 0. The monoisotopic (exact) mass is 116 g/mol. The molecule has 1 radical (unpaired) electrons. The first-order valence-corrected chi connectivity index (χ1v) is 2.85.